The van der Waals surface area contributed by atoms with E-state index in [1.807, 2.05) is 12.1 Å². The summed E-state index contributed by atoms with van der Waals surface area (Å²) in [4.78, 5) is 4.77. The number of nitrogens with zero attached hydrogens (tertiary/aromatic N) is 2. The van der Waals surface area contributed by atoms with Crippen LogP contribution in [-0.2, 0) is 0 Å². The molecule has 1 aromatic rings. The molecule has 4 heteroatoms. The summed E-state index contributed by atoms with van der Waals surface area (Å²) >= 11 is 0. The molecule has 0 atom stereocenters. The summed E-state index contributed by atoms with van der Waals surface area (Å²) in [7, 11) is 3.83. The summed E-state index contributed by atoms with van der Waals surface area (Å²) in [5, 5.41) is 0. The number of likely N-dealkylation sites (tertiary alicyclic amines) is 1. The van der Waals surface area contributed by atoms with E-state index < -0.39 is 0 Å². The van der Waals surface area contributed by atoms with E-state index >= 15 is 0 Å². The Morgan fingerprint density at radius 2 is 2.11 bits per heavy atom. The standard InChI is InChI=1S/C15H25N3O/c1-17(14-4-3-5-15(12-14)19-2)10-11-18-8-6-13(16)7-9-18/h3-5,12-13H,6-11,16H2,1-2H3. The van der Waals surface area contributed by atoms with E-state index in [-0.39, 0.29) is 0 Å². The van der Waals surface area contributed by atoms with E-state index in [0.717, 1.165) is 44.8 Å². The van der Waals surface area contributed by atoms with E-state index in [0.29, 0.717) is 6.04 Å². The molecule has 4 nitrogen and oxygen atoms in total. The molecule has 0 bridgehead atoms. The Morgan fingerprint density at radius 3 is 2.79 bits per heavy atom. The molecule has 0 aromatic heterocycles. The fourth-order valence-corrected chi connectivity index (χ4v) is 2.44. The second kappa shape index (κ2) is 6.78. The molecule has 106 valence electrons. The minimum Gasteiger partial charge on any atom is -0.497 e. The molecule has 1 aromatic carbocycles. The third-order valence-corrected chi connectivity index (χ3v) is 3.88. The number of rotatable bonds is 5. The lowest BCUT2D eigenvalue weighted by Crippen LogP contribution is -2.42. The molecule has 1 heterocycles. The van der Waals surface area contributed by atoms with Crippen molar-refractivity contribution in [1.29, 1.82) is 0 Å². The van der Waals surface area contributed by atoms with Gasteiger partial charge in [-0.3, -0.25) is 0 Å². The van der Waals surface area contributed by atoms with Crippen LogP contribution in [0.15, 0.2) is 24.3 Å². The summed E-state index contributed by atoms with van der Waals surface area (Å²) in [6, 6.07) is 8.61. The molecule has 19 heavy (non-hydrogen) atoms. The Balaban J connectivity index is 1.81. The largest absolute Gasteiger partial charge is 0.497 e. The second-order valence-electron chi connectivity index (χ2n) is 5.30. The van der Waals surface area contributed by atoms with Gasteiger partial charge in [-0.05, 0) is 38.1 Å². The van der Waals surface area contributed by atoms with Crippen LogP contribution >= 0.6 is 0 Å². The SMILES string of the molecule is COc1cccc(N(C)CCN2CCC(N)CC2)c1. The highest BCUT2D eigenvalue weighted by Gasteiger charge is 2.15. The van der Waals surface area contributed by atoms with Crippen LogP contribution in [0.5, 0.6) is 5.75 Å². The van der Waals surface area contributed by atoms with Crippen LogP contribution in [0, 0.1) is 0 Å². The summed E-state index contributed by atoms with van der Waals surface area (Å²) in [6.07, 6.45) is 2.26. The molecule has 0 aliphatic carbocycles. The zero-order valence-corrected chi connectivity index (χ0v) is 12.0. The highest BCUT2D eigenvalue weighted by atomic mass is 16.5. The molecule has 0 unspecified atom stereocenters. The molecular weight excluding hydrogens is 238 g/mol. The zero-order chi connectivity index (χ0) is 13.7. The molecule has 0 saturated carbocycles. The Labute approximate surface area is 116 Å². The molecule has 0 amide bonds. The number of anilines is 1. The number of hydrogen-bond acceptors (Lipinski definition) is 4. The van der Waals surface area contributed by atoms with Gasteiger partial charge in [0.1, 0.15) is 5.75 Å². The van der Waals surface area contributed by atoms with Gasteiger partial charge in [-0.2, -0.15) is 0 Å². The number of ether oxygens (including phenoxy) is 1. The third-order valence-electron chi connectivity index (χ3n) is 3.88. The van der Waals surface area contributed by atoms with E-state index in [2.05, 4.69) is 29.0 Å². The maximum absolute atomic E-state index is 5.92. The van der Waals surface area contributed by atoms with Crippen molar-refractivity contribution in [3.05, 3.63) is 24.3 Å². The van der Waals surface area contributed by atoms with Crippen LogP contribution in [0.4, 0.5) is 5.69 Å². The van der Waals surface area contributed by atoms with Gasteiger partial charge in [0.25, 0.3) is 0 Å². The number of methoxy groups -OCH3 is 1. The number of nitrogens with two attached hydrogens (primary N) is 1. The van der Waals surface area contributed by atoms with E-state index in [1.54, 1.807) is 7.11 Å². The van der Waals surface area contributed by atoms with Crippen molar-refractivity contribution in [3.63, 3.8) is 0 Å². The quantitative estimate of drug-likeness (QED) is 0.875. The topological polar surface area (TPSA) is 41.7 Å². The van der Waals surface area contributed by atoms with Crippen LogP contribution in [0.1, 0.15) is 12.8 Å². The van der Waals surface area contributed by atoms with Gasteiger partial charge < -0.3 is 20.3 Å². The average Bonchev–Trinajstić information content (AvgIpc) is 2.46. The summed E-state index contributed by atoms with van der Waals surface area (Å²) < 4.78 is 5.26. The van der Waals surface area contributed by atoms with E-state index in [1.165, 1.54) is 5.69 Å². The van der Waals surface area contributed by atoms with Crippen molar-refractivity contribution in [1.82, 2.24) is 4.90 Å². The Kier molecular flexibility index (Phi) is 5.05. The molecule has 1 aliphatic heterocycles. The minimum absolute atomic E-state index is 0.410. The maximum atomic E-state index is 5.92. The molecular formula is C15H25N3O. The highest BCUT2D eigenvalue weighted by Crippen LogP contribution is 2.19. The van der Waals surface area contributed by atoms with Crippen LogP contribution < -0.4 is 15.4 Å². The van der Waals surface area contributed by atoms with Crippen molar-refractivity contribution in [3.8, 4) is 5.75 Å². The lowest BCUT2D eigenvalue weighted by Gasteiger charge is -2.31. The van der Waals surface area contributed by atoms with Crippen molar-refractivity contribution < 1.29 is 4.74 Å². The smallest absolute Gasteiger partial charge is 0.120 e. The van der Waals surface area contributed by atoms with Gasteiger partial charge in [0.15, 0.2) is 0 Å². The molecule has 2 rings (SSSR count). The van der Waals surface area contributed by atoms with Crippen LogP contribution in [0.3, 0.4) is 0 Å². The summed E-state index contributed by atoms with van der Waals surface area (Å²) in [6.45, 7) is 4.39. The molecule has 1 fully saturated rings. The minimum atomic E-state index is 0.410. The van der Waals surface area contributed by atoms with Gasteiger partial charge in [-0.15, -0.1) is 0 Å². The maximum Gasteiger partial charge on any atom is 0.120 e. The van der Waals surface area contributed by atoms with Gasteiger partial charge in [-0.25, -0.2) is 0 Å². The first-order valence-corrected chi connectivity index (χ1v) is 7.02. The Bertz CT molecular complexity index is 389. The second-order valence-corrected chi connectivity index (χ2v) is 5.30. The van der Waals surface area contributed by atoms with Gasteiger partial charge in [0.05, 0.1) is 7.11 Å². The average molecular weight is 263 g/mol. The first-order chi connectivity index (χ1) is 9.19. The lowest BCUT2D eigenvalue weighted by atomic mass is 10.1. The fourth-order valence-electron chi connectivity index (χ4n) is 2.44. The molecule has 0 spiro atoms. The first-order valence-electron chi connectivity index (χ1n) is 7.02. The predicted octanol–water partition coefficient (Wildman–Crippen LogP) is 1.55. The van der Waals surface area contributed by atoms with Crippen molar-refractivity contribution in [2.45, 2.75) is 18.9 Å². The van der Waals surface area contributed by atoms with Crippen LogP contribution in [0.2, 0.25) is 0 Å². The molecule has 1 saturated heterocycles. The predicted molar refractivity (Wildman–Crippen MR) is 79.9 cm³/mol. The Hall–Kier alpha value is -1.26. The number of piperidine rings is 1. The van der Waals surface area contributed by atoms with Gasteiger partial charge in [0, 0.05) is 37.9 Å². The fraction of sp³-hybridized carbons (Fsp3) is 0.600. The van der Waals surface area contributed by atoms with E-state index in [9.17, 15) is 0 Å². The van der Waals surface area contributed by atoms with Crippen LogP contribution in [0.25, 0.3) is 0 Å². The van der Waals surface area contributed by atoms with E-state index in [4.69, 9.17) is 10.5 Å². The van der Waals surface area contributed by atoms with Crippen molar-refractivity contribution in [2.24, 2.45) is 5.73 Å². The molecule has 0 radical (unpaired) electrons. The highest BCUT2D eigenvalue weighted by molar-refractivity contribution is 5.50. The number of benzene rings is 1. The first kappa shape index (κ1) is 14.2. The lowest BCUT2D eigenvalue weighted by molar-refractivity contribution is 0.218. The number of likely N-dealkylation sites (N-methyl/N-ethyl adjacent to an activating group) is 1. The molecule has 2 N–H and O–H groups in total. The van der Waals surface area contributed by atoms with Crippen molar-refractivity contribution >= 4 is 5.69 Å². The monoisotopic (exact) mass is 263 g/mol. The van der Waals surface area contributed by atoms with Gasteiger partial charge in [-0.1, -0.05) is 6.07 Å². The number of hydrogen-bond donors (Lipinski definition) is 1. The summed E-state index contributed by atoms with van der Waals surface area (Å²) in [5.41, 5.74) is 7.13. The van der Waals surface area contributed by atoms with Gasteiger partial charge >= 0.3 is 0 Å². The van der Waals surface area contributed by atoms with Crippen LogP contribution in [-0.4, -0.2) is 51.3 Å². The zero-order valence-electron chi connectivity index (χ0n) is 12.0. The normalized spacial score (nSPS) is 17.4. The third kappa shape index (κ3) is 4.11. The van der Waals surface area contributed by atoms with Gasteiger partial charge in [0.2, 0.25) is 0 Å². The van der Waals surface area contributed by atoms with Crippen molar-refractivity contribution in [2.75, 3.05) is 45.2 Å². The molecule has 1 aliphatic rings. The Morgan fingerprint density at radius 1 is 1.37 bits per heavy atom. The summed E-state index contributed by atoms with van der Waals surface area (Å²) in [5.74, 6) is 0.910.